The van der Waals surface area contributed by atoms with Gasteiger partial charge in [-0.2, -0.15) is 4.98 Å². The van der Waals surface area contributed by atoms with Gasteiger partial charge in [0.1, 0.15) is 36.4 Å². The average molecular weight is 1480 g/mol. The molecule has 0 saturated carbocycles. The third-order valence-electron chi connectivity index (χ3n) is 20.4. The number of hydrogen-bond acceptors (Lipinski definition) is 14. The Morgan fingerprint density at radius 2 is 0.897 bits per heavy atom. The van der Waals surface area contributed by atoms with Crippen LogP contribution in [0.1, 0.15) is 365 Å². The number of anilines is 1. The van der Waals surface area contributed by atoms with Crippen LogP contribution in [0.3, 0.4) is 0 Å². The largest absolute Gasteiger partial charge is 0.493 e. The molecule has 3 aromatic carbocycles. The number of H-pyrrole nitrogens is 1. The highest BCUT2D eigenvalue weighted by Crippen LogP contribution is 2.45. The molecule has 4 atom stereocenters. The van der Waals surface area contributed by atoms with E-state index in [-0.39, 0.29) is 35.5 Å². The number of unbranched alkanes of at least 4 members (excludes halogenated alkanes) is 35. The summed E-state index contributed by atoms with van der Waals surface area (Å²) in [5.41, 5.74) is 10.3. The van der Waals surface area contributed by atoms with Crippen molar-refractivity contribution < 1.29 is 47.4 Å². The van der Waals surface area contributed by atoms with Gasteiger partial charge >= 0.3 is 5.97 Å². The second-order valence-corrected chi connectivity index (χ2v) is 30.4. The summed E-state index contributed by atoms with van der Waals surface area (Å²) in [5.74, 6) is 9.09. The summed E-state index contributed by atoms with van der Waals surface area (Å²) < 4.78 is 60.8. The first-order valence-electron chi connectivity index (χ1n) is 42.8. The predicted molar refractivity (Wildman–Crippen MR) is 440 cm³/mol. The van der Waals surface area contributed by atoms with E-state index >= 15 is 0 Å². The number of nitrogens with two attached hydrogens (primary N) is 1. The number of nitrogen functional groups attached to an aromatic ring is 1. The average Bonchev–Trinajstić information content (AvgIpc) is 1.58. The lowest BCUT2D eigenvalue weighted by molar-refractivity contribution is -0.202. The Balaban J connectivity index is 1.12. The topological polar surface area (TPSA) is 190 Å². The summed E-state index contributed by atoms with van der Waals surface area (Å²) in [6.45, 7) is 20.0. The Labute approximate surface area is 644 Å². The van der Waals surface area contributed by atoms with Crippen LogP contribution in [-0.2, 0) is 23.7 Å². The minimum absolute atomic E-state index is 0.0417. The standard InChI is InChI=1S/C91H139N5O11/c1-9-15-21-25-29-32-35-39-43-47-63-101-78-66-73(67-79(102-64-48-44-40-36-33-30-26-22-16-10-2)84(78)103-65-49-45-41-37-34-31-27-23-17-11-3)56-59-75-69-76(99-61-19-13-5)74(68-77(75)100-62-20-14-6)58-55-71-51-53-72(54-52-71)57-60-81-93-83-87(94-90(92)95-88(83)98)96(81)89-86-85(106-91(7,8)107-86)80(105-89)70-104-82(97)50-46-42-38-28-24-18-12-4/h51-56,58-59,66-69,80,85-86,89H,9-50,61-65,70H2,1-8H3,(H3,92,94,95,98)/b58-55+,59-56+/t80-,85-,86-,89-/m1/s1. The SMILES string of the molecule is CCCCCCCCCCCCOc1cc(/C=C/c2cc(OCCCC)c(/C=C/c3ccc(C#Cc4nc5c(=O)[nH]c(N)nc5n4[C@@H]4O[C@H](COC(=O)CCCCCCCCC)[C@H]5OC(C)(C)O[C@H]54)cc3)cc2OCCCC)cc(OCCCCCCCCCCCC)c1OCCCCCCCCCCCC. The molecule has 2 aliphatic rings. The lowest BCUT2D eigenvalue weighted by atomic mass is 10.0. The number of benzene rings is 3. The van der Waals surface area contributed by atoms with Crippen molar-refractivity contribution in [2.45, 2.75) is 355 Å². The molecule has 3 N–H and O–H groups in total. The molecule has 16 nitrogen and oxygen atoms in total. The van der Waals surface area contributed by atoms with Crippen molar-refractivity contribution in [3.05, 3.63) is 92.5 Å². The van der Waals surface area contributed by atoms with Gasteiger partial charge in [0.25, 0.3) is 5.56 Å². The van der Waals surface area contributed by atoms with E-state index in [2.05, 4.69) is 112 Å². The highest BCUT2D eigenvalue weighted by atomic mass is 16.8. The number of aromatic amines is 1. The molecular weight excluding hydrogens is 1340 g/mol. The van der Waals surface area contributed by atoms with E-state index in [0.29, 0.717) is 45.0 Å². The summed E-state index contributed by atoms with van der Waals surface area (Å²) in [7, 11) is 0. The molecule has 2 fully saturated rings. The zero-order valence-electron chi connectivity index (χ0n) is 67.6. The molecule has 0 bridgehead atoms. The van der Waals surface area contributed by atoms with Gasteiger partial charge in [-0.3, -0.25) is 19.1 Å². The van der Waals surface area contributed by atoms with Crippen molar-refractivity contribution >= 4 is 47.4 Å². The van der Waals surface area contributed by atoms with Crippen LogP contribution in [0.25, 0.3) is 35.5 Å². The normalized spacial score (nSPS) is 16.1. The Kier molecular flexibility index (Phi) is 42.1. The van der Waals surface area contributed by atoms with Gasteiger partial charge in [0, 0.05) is 23.1 Å². The fourth-order valence-electron chi connectivity index (χ4n) is 14.1. The number of carbonyl (C=O) groups excluding carboxylic acids is 1. The molecular formula is C91H139N5O11. The molecule has 0 amide bonds. The second kappa shape index (κ2) is 51.6. The fraction of sp³-hybridized carbons (Fsp3) is 0.670. The first kappa shape index (κ1) is 87.4. The molecule has 4 heterocycles. The van der Waals surface area contributed by atoms with E-state index in [1.54, 1.807) is 4.57 Å². The first-order valence-corrected chi connectivity index (χ1v) is 42.8. The number of imidazole rings is 1. The summed E-state index contributed by atoms with van der Waals surface area (Å²) >= 11 is 0. The maximum atomic E-state index is 13.4. The van der Waals surface area contributed by atoms with E-state index in [1.165, 1.54) is 180 Å². The van der Waals surface area contributed by atoms with Gasteiger partial charge in [-0.1, -0.05) is 309 Å². The van der Waals surface area contributed by atoms with Crippen molar-refractivity contribution in [1.82, 2.24) is 19.5 Å². The van der Waals surface area contributed by atoms with Crippen molar-refractivity contribution in [2.24, 2.45) is 0 Å². The second-order valence-electron chi connectivity index (χ2n) is 30.4. The predicted octanol–water partition coefficient (Wildman–Crippen LogP) is 23.8. The third-order valence-corrected chi connectivity index (χ3v) is 20.4. The van der Waals surface area contributed by atoms with Crippen LogP contribution in [0, 0.1) is 11.8 Å². The molecule has 2 aliphatic heterocycles. The highest BCUT2D eigenvalue weighted by molar-refractivity contribution is 5.80. The number of fused-ring (bicyclic) bond motifs is 2. The van der Waals surface area contributed by atoms with Gasteiger partial charge in [-0.05, 0) is 106 Å². The quantitative estimate of drug-likeness (QED) is 0.0162. The van der Waals surface area contributed by atoms with Gasteiger partial charge in [0.15, 0.2) is 40.5 Å². The van der Waals surface area contributed by atoms with E-state index in [0.717, 1.165) is 134 Å². The van der Waals surface area contributed by atoms with E-state index < -0.39 is 35.9 Å². The van der Waals surface area contributed by atoms with Gasteiger partial charge in [0.2, 0.25) is 11.7 Å². The number of rotatable bonds is 59. The van der Waals surface area contributed by atoms with Crippen LogP contribution in [0.5, 0.6) is 28.7 Å². The maximum Gasteiger partial charge on any atom is 0.305 e. The third kappa shape index (κ3) is 32.0. The monoisotopic (exact) mass is 1480 g/mol. The lowest BCUT2D eigenvalue weighted by Gasteiger charge is -2.25. The molecule has 2 aromatic heterocycles. The van der Waals surface area contributed by atoms with Crippen LogP contribution < -0.4 is 35.0 Å². The molecule has 594 valence electrons. The van der Waals surface area contributed by atoms with E-state index in [1.807, 2.05) is 38.1 Å². The Morgan fingerprint density at radius 1 is 0.486 bits per heavy atom. The molecule has 16 heteroatoms. The molecule has 0 unspecified atom stereocenters. The summed E-state index contributed by atoms with van der Waals surface area (Å²) in [6, 6.07) is 16.4. The number of carbonyl (C=O) groups is 1. The first-order chi connectivity index (χ1) is 52.4. The number of esters is 1. The summed E-state index contributed by atoms with van der Waals surface area (Å²) in [6.07, 6.45) is 55.3. The van der Waals surface area contributed by atoms with Crippen LogP contribution in [-0.4, -0.2) is 89.2 Å². The molecule has 0 spiro atoms. The molecule has 7 rings (SSSR count). The number of aromatic nitrogens is 4. The Hall–Kier alpha value is -6.80. The van der Waals surface area contributed by atoms with Crippen molar-refractivity contribution in [3.8, 4) is 40.6 Å². The Morgan fingerprint density at radius 3 is 1.37 bits per heavy atom. The van der Waals surface area contributed by atoms with Crippen molar-refractivity contribution in [1.29, 1.82) is 0 Å². The van der Waals surface area contributed by atoms with Gasteiger partial charge in [-0.25, -0.2) is 4.98 Å². The molecule has 107 heavy (non-hydrogen) atoms. The minimum atomic E-state index is -0.981. The molecule has 5 aromatic rings. The number of ether oxygens (including phenoxy) is 9. The van der Waals surface area contributed by atoms with E-state index in [4.69, 9.17) is 53.3 Å². The molecule has 2 saturated heterocycles. The van der Waals surface area contributed by atoms with E-state index in [9.17, 15) is 9.59 Å². The Bertz CT molecular complexity index is 3420. The summed E-state index contributed by atoms with van der Waals surface area (Å²) in [4.78, 5) is 38.3. The zero-order valence-corrected chi connectivity index (χ0v) is 67.6. The van der Waals surface area contributed by atoms with Gasteiger partial charge < -0.3 is 48.4 Å². The molecule has 0 aliphatic carbocycles. The van der Waals surface area contributed by atoms with Crippen molar-refractivity contribution in [3.63, 3.8) is 0 Å². The van der Waals surface area contributed by atoms with Crippen LogP contribution in [0.4, 0.5) is 5.95 Å². The minimum Gasteiger partial charge on any atom is -0.493 e. The van der Waals surface area contributed by atoms with Crippen LogP contribution >= 0.6 is 0 Å². The number of hydrogen-bond donors (Lipinski definition) is 2. The van der Waals surface area contributed by atoms with Gasteiger partial charge in [0.05, 0.1) is 33.0 Å². The number of nitrogens with one attached hydrogen (secondary N) is 1. The summed E-state index contributed by atoms with van der Waals surface area (Å²) in [5, 5.41) is 0. The smallest absolute Gasteiger partial charge is 0.305 e. The zero-order chi connectivity index (χ0) is 76.0. The van der Waals surface area contributed by atoms with Crippen LogP contribution in [0.2, 0.25) is 0 Å². The highest BCUT2D eigenvalue weighted by Gasteiger charge is 2.57. The van der Waals surface area contributed by atoms with Crippen molar-refractivity contribution in [2.75, 3.05) is 45.4 Å². The molecule has 0 radical (unpaired) electrons. The number of nitrogens with zero attached hydrogens (tertiary/aromatic N) is 3. The van der Waals surface area contributed by atoms with Crippen LogP contribution in [0.15, 0.2) is 53.3 Å². The maximum absolute atomic E-state index is 13.4. The lowest BCUT2D eigenvalue weighted by Crippen LogP contribution is -2.33. The van der Waals surface area contributed by atoms with Gasteiger partial charge in [-0.15, -0.1) is 0 Å². The fourth-order valence-corrected chi connectivity index (χ4v) is 14.1.